The highest BCUT2D eigenvalue weighted by Gasteiger charge is 2.32. The van der Waals surface area contributed by atoms with Gasteiger partial charge in [0, 0.05) is 38.2 Å². The van der Waals surface area contributed by atoms with E-state index in [0.717, 1.165) is 50.4 Å². The predicted molar refractivity (Wildman–Crippen MR) is 96.6 cm³/mol. The Morgan fingerprint density at radius 2 is 1.96 bits per heavy atom. The molecule has 2 fully saturated rings. The van der Waals surface area contributed by atoms with Gasteiger partial charge in [-0.05, 0) is 50.3 Å². The second-order valence-electron chi connectivity index (χ2n) is 6.94. The van der Waals surface area contributed by atoms with Gasteiger partial charge in [-0.1, -0.05) is 0 Å². The molecule has 4 heterocycles. The number of aromatic nitrogens is 3. The van der Waals surface area contributed by atoms with Crippen molar-refractivity contribution in [2.24, 2.45) is 0 Å². The van der Waals surface area contributed by atoms with E-state index >= 15 is 0 Å². The molecule has 132 valence electrons. The SMILES string of the molecule is O=C(c1cccnc1N1CCCCC1)N1CCC[C@@H]1Cn1cccn1. The van der Waals surface area contributed by atoms with Gasteiger partial charge >= 0.3 is 0 Å². The van der Waals surface area contributed by atoms with Gasteiger partial charge < -0.3 is 9.80 Å². The van der Waals surface area contributed by atoms with E-state index in [9.17, 15) is 4.79 Å². The Kier molecular flexibility index (Phi) is 4.68. The standard InChI is InChI=1S/C19H25N5O/c25-19(24-14-5-7-16(24)15-23-13-6-10-21-23)17-8-4-9-20-18(17)22-11-2-1-3-12-22/h4,6,8-10,13,16H,1-3,5,7,11-12,14-15H2/t16-/m1/s1. The summed E-state index contributed by atoms with van der Waals surface area (Å²) in [6.45, 7) is 3.57. The molecule has 0 aliphatic carbocycles. The molecule has 2 aromatic heterocycles. The molecule has 6 heteroatoms. The van der Waals surface area contributed by atoms with E-state index in [2.05, 4.69) is 15.0 Å². The van der Waals surface area contributed by atoms with E-state index in [1.807, 2.05) is 34.0 Å². The third-order valence-corrected chi connectivity index (χ3v) is 5.27. The molecular weight excluding hydrogens is 314 g/mol. The lowest BCUT2D eigenvalue weighted by molar-refractivity contribution is 0.0722. The number of hydrogen-bond acceptors (Lipinski definition) is 4. The Morgan fingerprint density at radius 3 is 2.76 bits per heavy atom. The van der Waals surface area contributed by atoms with Crippen molar-refractivity contribution in [1.29, 1.82) is 0 Å². The molecule has 0 aromatic carbocycles. The van der Waals surface area contributed by atoms with Crippen LogP contribution in [0.2, 0.25) is 0 Å². The van der Waals surface area contributed by atoms with E-state index in [-0.39, 0.29) is 11.9 Å². The Hall–Kier alpha value is -2.37. The van der Waals surface area contributed by atoms with Crippen molar-refractivity contribution in [3.63, 3.8) is 0 Å². The minimum Gasteiger partial charge on any atom is -0.356 e. The second kappa shape index (κ2) is 7.25. The second-order valence-corrected chi connectivity index (χ2v) is 6.94. The molecule has 4 rings (SSSR count). The molecular formula is C19H25N5O. The molecule has 1 amide bonds. The van der Waals surface area contributed by atoms with Gasteiger partial charge in [0.2, 0.25) is 0 Å². The topological polar surface area (TPSA) is 54.3 Å². The van der Waals surface area contributed by atoms with Crippen LogP contribution in [-0.4, -0.2) is 51.2 Å². The zero-order valence-corrected chi connectivity index (χ0v) is 14.5. The summed E-state index contributed by atoms with van der Waals surface area (Å²) in [7, 11) is 0. The Morgan fingerprint density at radius 1 is 1.08 bits per heavy atom. The summed E-state index contributed by atoms with van der Waals surface area (Å²) in [4.78, 5) is 22.1. The van der Waals surface area contributed by atoms with Crippen LogP contribution in [-0.2, 0) is 6.54 Å². The Bertz CT molecular complexity index is 708. The van der Waals surface area contributed by atoms with Crippen LogP contribution in [0.4, 0.5) is 5.82 Å². The van der Waals surface area contributed by atoms with E-state index in [1.165, 1.54) is 19.3 Å². The number of likely N-dealkylation sites (tertiary alicyclic amines) is 1. The van der Waals surface area contributed by atoms with E-state index < -0.39 is 0 Å². The lowest BCUT2D eigenvalue weighted by Crippen LogP contribution is -2.40. The number of rotatable bonds is 4. The van der Waals surface area contributed by atoms with Crippen molar-refractivity contribution in [1.82, 2.24) is 19.7 Å². The maximum atomic E-state index is 13.3. The minimum atomic E-state index is 0.114. The predicted octanol–water partition coefficient (Wildman–Crippen LogP) is 2.57. The van der Waals surface area contributed by atoms with Gasteiger partial charge in [-0.3, -0.25) is 9.48 Å². The molecule has 0 N–H and O–H groups in total. The van der Waals surface area contributed by atoms with Crippen LogP contribution in [0.1, 0.15) is 42.5 Å². The van der Waals surface area contributed by atoms with Gasteiger partial charge in [-0.15, -0.1) is 0 Å². The zero-order chi connectivity index (χ0) is 17.1. The van der Waals surface area contributed by atoms with Crippen molar-refractivity contribution in [2.75, 3.05) is 24.5 Å². The van der Waals surface area contributed by atoms with Crippen LogP contribution >= 0.6 is 0 Å². The fourth-order valence-electron chi connectivity index (χ4n) is 3.99. The normalized spacial score (nSPS) is 20.9. The monoisotopic (exact) mass is 339 g/mol. The summed E-state index contributed by atoms with van der Waals surface area (Å²) in [5.74, 6) is 0.972. The first-order valence-electron chi connectivity index (χ1n) is 9.31. The number of piperidine rings is 1. The smallest absolute Gasteiger partial charge is 0.257 e. The van der Waals surface area contributed by atoms with Crippen molar-refractivity contribution in [2.45, 2.75) is 44.7 Å². The van der Waals surface area contributed by atoms with Gasteiger partial charge in [0.15, 0.2) is 0 Å². The van der Waals surface area contributed by atoms with E-state index in [4.69, 9.17) is 0 Å². The van der Waals surface area contributed by atoms with Gasteiger partial charge in [-0.25, -0.2) is 4.98 Å². The summed E-state index contributed by atoms with van der Waals surface area (Å²) >= 11 is 0. The van der Waals surface area contributed by atoms with Crippen LogP contribution in [0.25, 0.3) is 0 Å². The van der Waals surface area contributed by atoms with Crippen molar-refractivity contribution < 1.29 is 4.79 Å². The molecule has 25 heavy (non-hydrogen) atoms. The summed E-state index contributed by atoms with van der Waals surface area (Å²) in [5.41, 5.74) is 0.747. The average Bonchev–Trinajstić information content (AvgIpc) is 3.34. The highest BCUT2D eigenvalue weighted by atomic mass is 16.2. The van der Waals surface area contributed by atoms with Crippen molar-refractivity contribution in [3.05, 3.63) is 42.4 Å². The van der Waals surface area contributed by atoms with Crippen molar-refractivity contribution >= 4 is 11.7 Å². The summed E-state index contributed by atoms with van der Waals surface area (Å²) < 4.78 is 1.92. The van der Waals surface area contributed by atoms with Crippen LogP contribution in [0.15, 0.2) is 36.8 Å². The summed E-state index contributed by atoms with van der Waals surface area (Å²) in [6.07, 6.45) is 11.3. The molecule has 2 aliphatic rings. The fourth-order valence-corrected chi connectivity index (χ4v) is 3.99. The number of carbonyl (C=O) groups excluding carboxylic acids is 1. The number of amides is 1. The van der Waals surface area contributed by atoms with Crippen LogP contribution in [0.5, 0.6) is 0 Å². The highest BCUT2D eigenvalue weighted by molar-refractivity contribution is 5.99. The van der Waals surface area contributed by atoms with Gasteiger partial charge in [0.05, 0.1) is 18.2 Å². The fraction of sp³-hybridized carbons (Fsp3) is 0.526. The average molecular weight is 339 g/mol. The first-order valence-corrected chi connectivity index (χ1v) is 9.31. The number of nitrogens with zero attached hydrogens (tertiary/aromatic N) is 5. The lowest BCUT2D eigenvalue weighted by Gasteiger charge is -2.31. The number of pyridine rings is 1. The number of carbonyl (C=O) groups is 1. The van der Waals surface area contributed by atoms with Crippen LogP contribution in [0, 0.1) is 0 Å². The molecule has 0 radical (unpaired) electrons. The molecule has 6 nitrogen and oxygen atoms in total. The van der Waals surface area contributed by atoms with Gasteiger partial charge in [-0.2, -0.15) is 5.10 Å². The molecule has 0 saturated carbocycles. The Balaban J connectivity index is 1.55. The van der Waals surface area contributed by atoms with Crippen LogP contribution < -0.4 is 4.90 Å². The molecule has 0 bridgehead atoms. The largest absolute Gasteiger partial charge is 0.356 e. The first-order chi connectivity index (χ1) is 12.3. The third kappa shape index (κ3) is 3.38. The molecule has 1 atom stereocenters. The van der Waals surface area contributed by atoms with Gasteiger partial charge in [0.1, 0.15) is 5.82 Å². The highest BCUT2D eigenvalue weighted by Crippen LogP contribution is 2.27. The molecule has 0 spiro atoms. The zero-order valence-electron chi connectivity index (χ0n) is 14.5. The number of anilines is 1. The molecule has 2 aromatic rings. The van der Waals surface area contributed by atoms with E-state index in [1.54, 1.807) is 12.4 Å². The Labute approximate surface area is 148 Å². The van der Waals surface area contributed by atoms with Crippen molar-refractivity contribution in [3.8, 4) is 0 Å². The molecule has 2 aliphatic heterocycles. The van der Waals surface area contributed by atoms with Gasteiger partial charge in [0.25, 0.3) is 5.91 Å². The quantitative estimate of drug-likeness (QED) is 0.859. The maximum Gasteiger partial charge on any atom is 0.257 e. The minimum absolute atomic E-state index is 0.114. The maximum absolute atomic E-state index is 13.3. The first kappa shape index (κ1) is 16.1. The lowest BCUT2D eigenvalue weighted by atomic mass is 10.1. The van der Waals surface area contributed by atoms with Crippen LogP contribution in [0.3, 0.4) is 0 Å². The third-order valence-electron chi connectivity index (χ3n) is 5.27. The number of hydrogen-bond donors (Lipinski definition) is 0. The molecule has 0 unspecified atom stereocenters. The summed E-state index contributed by atoms with van der Waals surface area (Å²) in [5, 5.41) is 4.30. The molecule has 2 saturated heterocycles. The summed E-state index contributed by atoms with van der Waals surface area (Å²) in [6, 6.07) is 5.94. The van der Waals surface area contributed by atoms with E-state index in [0.29, 0.717) is 0 Å².